The summed E-state index contributed by atoms with van der Waals surface area (Å²) in [6.45, 7) is 5.09. The number of ether oxygens (including phenoxy) is 1. The fourth-order valence-electron chi connectivity index (χ4n) is 2.28. The topological polar surface area (TPSA) is 99.4 Å². The minimum Gasteiger partial charge on any atom is -0.467 e. The van der Waals surface area contributed by atoms with Crippen LogP contribution in [0, 0.1) is 0 Å². The Morgan fingerprint density at radius 2 is 2.22 bits per heavy atom. The van der Waals surface area contributed by atoms with Crippen LogP contribution in [-0.4, -0.2) is 52.2 Å². The summed E-state index contributed by atoms with van der Waals surface area (Å²) in [7, 11) is 0. The van der Waals surface area contributed by atoms with Crippen LogP contribution in [0.15, 0.2) is 28.0 Å². The van der Waals surface area contributed by atoms with Gasteiger partial charge >= 0.3 is 0 Å². The van der Waals surface area contributed by atoms with Crippen LogP contribution in [0.1, 0.15) is 12.7 Å². The van der Waals surface area contributed by atoms with Crippen LogP contribution >= 0.6 is 11.8 Å². The Balaban J connectivity index is 1.88. The summed E-state index contributed by atoms with van der Waals surface area (Å²) in [5.74, 6) is 1.17. The molecule has 2 N–H and O–H groups in total. The van der Waals surface area contributed by atoms with E-state index in [1.165, 1.54) is 11.8 Å². The number of primary amides is 1. The van der Waals surface area contributed by atoms with Crippen LogP contribution in [0.4, 0.5) is 5.95 Å². The minimum absolute atomic E-state index is 0.379. The van der Waals surface area contributed by atoms with Gasteiger partial charge in [0, 0.05) is 13.1 Å². The smallest absolute Gasteiger partial charge is 0.230 e. The molecule has 1 amide bonds. The second-order valence-corrected chi connectivity index (χ2v) is 6.52. The van der Waals surface area contributed by atoms with Gasteiger partial charge in [-0.05, 0) is 19.1 Å². The molecule has 124 valence electrons. The number of hydrogen-bond donors (Lipinski definition) is 1. The molecule has 1 aliphatic heterocycles. The van der Waals surface area contributed by atoms with Crippen LogP contribution in [-0.2, 0) is 16.1 Å². The Labute approximate surface area is 138 Å². The molecular formula is C14H19N5O3S. The summed E-state index contributed by atoms with van der Waals surface area (Å²) in [6, 6.07) is 3.74. The molecule has 0 unspecified atom stereocenters. The van der Waals surface area contributed by atoms with Gasteiger partial charge < -0.3 is 19.8 Å². The molecule has 9 heteroatoms. The van der Waals surface area contributed by atoms with E-state index < -0.39 is 0 Å². The van der Waals surface area contributed by atoms with Crippen molar-refractivity contribution in [3.05, 3.63) is 24.2 Å². The summed E-state index contributed by atoms with van der Waals surface area (Å²) in [4.78, 5) is 13.5. The average molecular weight is 337 g/mol. The Kier molecular flexibility index (Phi) is 4.87. The van der Waals surface area contributed by atoms with Gasteiger partial charge in [0.1, 0.15) is 5.76 Å². The molecule has 2 aromatic heterocycles. The van der Waals surface area contributed by atoms with Crippen molar-refractivity contribution in [3.63, 3.8) is 0 Å². The predicted octanol–water partition coefficient (Wildman–Crippen LogP) is 0.722. The Morgan fingerprint density at radius 3 is 2.87 bits per heavy atom. The van der Waals surface area contributed by atoms with Crippen molar-refractivity contribution in [2.45, 2.75) is 23.9 Å². The van der Waals surface area contributed by atoms with Gasteiger partial charge in [-0.15, -0.1) is 10.2 Å². The molecular weight excluding hydrogens is 318 g/mol. The first kappa shape index (κ1) is 15.9. The van der Waals surface area contributed by atoms with Crippen molar-refractivity contribution in [2.24, 2.45) is 5.73 Å². The molecule has 0 saturated carbocycles. The van der Waals surface area contributed by atoms with Crippen molar-refractivity contribution in [2.75, 3.05) is 31.2 Å². The highest BCUT2D eigenvalue weighted by Gasteiger charge is 2.23. The largest absolute Gasteiger partial charge is 0.467 e. The molecule has 3 rings (SSSR count). The summed E-state index contributed by atoms with van der Waals surface area (Å²) < 4.78 is 12.8. The summed E-state index contributed by atoms with van der Waals surface area (Å²) in [6.07, 6.45) is 1.63. The second kappa shape index (κ2) is 7.05. The third kappa shape index (κ3) is 3.67. The zero-order valence-corrected chi connectivity index (χ0v) is 13.7. The Morgan fingerprint density at radius 1 is 1.43 bits per heavy atom. The molecule has 1 aliphatic rings. The number of amides is 1. The number of furan rings is 1. The number of thioether (sulfide) groups is 1. The lowest BCUT2D eigenvalue weighted by Gasteiger charge is -2.27. The van der Waals surface area contributed by atoms with Gasteiger partial charge in [-0.1, -0.05) is 11.8 Å². The SMILES string of the molecule is C[C@H](Sc1nnc(N2CCOCC2)n1Cc1ccco1)C(N)=O. The number of hydrogen-bond acceptors (Lipinski definition) is 7. The molecule has 23 heavy (non-hydrogen) atoms. The Bertz CT molecular complexity index is 651. The fourth-order valence-corrected chi connectivity index (χ4v) is 3.07. The van der Waals surface area contributed by atoms with Gasteiger partial charge in [0.05, 0.1) is 31.3 Å². The quantitative estimate of drug-likeness (QED) is 0.775. The first-order chi connectivity index (χ1) is 11.1. The van der Waals surface area contributed by atoms with Gasteiger partial charge in [0.15, 0.2) is 5.16 Å². The monoisotopic (exact) mass is 337 g/mol. The van der Waals surface area contributed by atoms with Crippen LogP contribution < -0.4 is 10.6 Å². The highest BCUT2D eigenvalue weighted by molar-refractivity contribution is 8.00. The molecule has 0 aromatic carbocycles. The number of nitrogens with two attached hydrogens (primary N) is 1. The van der Waals surface area contributed by atoms with Gasteiger partial charge in [-0.3, -0.25) is 9.36 Å². The van der Waals surface area contributed by atoms with Gasteiger partial charge in [-0.2, -0.15) is 0 Å². The van der Waals surface area contributed by atoms with E-state index in [0.717, 1.165) is 24.8 Å². The van der Waals surface area contributed by atoms with Crippen LogP contribution in [0.5, 0.6) is 0 Å². The van der Waals surface area contributed by atoms with E-state index >= 15 is 0 Å². The maximum absolute atomic E-state index is 11.3. The number of nitrogens with zero attached hydrogens (tertiary/aromatic N) is 4. The minimum atomic E-state index is -0.382. The third-order valence-corrected chi connectivity index (χ3v) is 4.67. The van der Waals surface area contributed by atoms with Crippen LogP contribution in [0.3, 0.4) is 0 Å². The first-order valence-electron chi connectivity index (χ1n) is 7.39. The maximum Gasteiger partial charge on any atom is 0.230 e. The number of anilines is 1. The molecule has 1 atom stereocenters. The maximum atomic E-state index is 11.3. The lowest BCUT2D eigenvalue weighted by molar-refractivity contribution is -0.117. The van der Waals surface area contributed by atoms with Gasteiger partial charge in [0.25, 0.3) is 0 Å². The second-order valence-electron chi connectivity index (χ2n) is 5.21. The van der Waals surface area contributed by atoms with E-state index in [2.05, 4.69) is 15.1 Å². The molecule has 0 bridgehead atoms. The van der Waals surface area contributed by atoms with Crippen molar-refractivity contribution in [1.82, 2.24) is 14.8 Å². The van der Waals surface area contributed by atoms with E-state index in [1.54, 1.807) is 13.2 Å². The van der Waals surface area contributed by atoms with E-state index in [0.29, 0.717) is 24.9 Å². The molecule has 0 spiro atoms. The Hall–Kier alpha value is -2.00. The van der Waals surface area contributed by atoms with E-state index in [1.807, 2.05) is 16.7 Å². The number of morpholine rings is 1. The van der Waals surface area contributed by atoms with E-state index in [9.17, 15) is 4.79 Å². The molecule has 3 heterocycles. The standard InChI is InChI=1S/C14H19N5O3S/c1-10(12(15)20)23-14-17-16-13(18-4-7-21-8-5-18)19(14)9-11-3-2-6-22-11/h2-3,6,10H,4-5,7-9H2,1H3,(H2,15,20)/t10-/m0/s1. The summed E-state index contributed by atoms with van der Waals surface area (Å²) in [5, 5.41) is 8.80. The van der Waals surface area contributed by atoms with Crippen LogP contribution in [0.2, 0.25) is 0 Å². The number of carbonyl (C=O) groups is 1. The lowest BCUT2D eigenvalue weighted by atomic mass is 10.4. The zero-order valence-electron chi connectivity index (χ0n) is 12.8. The van der Waals surface area contributed by atoms with Gasteiger partial charge in [-0.25, -0.2) is 0 Å². The highest BCUT2D eigenvalue weighted by Crippen LogP contribution is 2.27. The summed E-state index contributed by atoms with van der Waals surface area (Å²) >= 11 is 1.30. The fraction of sp³-hybridized carbons (Fsp3) is 0.500. The van der Waals surface area contributed by atoms with E-state index in [-0.39, 0.29) is 11.2 Å². The number of aromatic nitrogens is 3. The summed E-state index contributed by atoms with van der Waals surface area (Å²) in [5.41, 5.74) is 5.36. The molecule has 0 radical (unpaired) electrons. The number of rotatable bonds is 6. The van der Waals surface area contributed by atoms with Crippen molar-refractivity contribution < 1.29 is 13.9 Å². The molecule has 2 aromatic rings. The molecule has 0 aliphatic carbocycles. The average Bonchev–Trinajstić information content (AvgIpc) is 3.19. The number of carbonyl (C=O) groups excluding carboxylic acids is 1. The van der Waals surface area contributed by atoms with Crippen LogP contribution in [0.25, 0.3) is 0 Å². The van der Waals surface area contributed by atoms with Crippen molar-refractivity contribution in [3.8, 4) is 0 Å². The first-order valence-corrected chi connectivity index (χ1v) is 8.27. The lowest BCUT2D eigenvalue weighted by Crippen LogP contribution is -2.38. The van der Waals surface area contributed by atoms with Gasteiger partial charge in [0.2, 0.25) is 11.9 Å². The van der Waals surface area contributed by atoms with E-state index in [4.69, 9.17) is 14.9 Å². The zero-order chi connectivity index (χ0) is 16.2. The predicted molar refractivity (Wildman–Crippen MR) is 85.4 cm³/mol. The van der Waals surface area contributed by atoms with Crippen molar-refractivity contribution >= 4 is 23.6 Å². The molecule has 1 saturated heterocycles. The molecule has 1 fully saturated rings. The van der Waals surface area contributed by atoms with Crippen molar-refractivity contribution in [1.29, 1.82) is 0 Å². The highest BCUT2D eigenvalue weighted by atomic mass is 32.2. The molecule has 8 nitrogen and oxygen atoms in total. The third-order valence-electron chi connectivity index (χ3n) is 3.57. The normalized spacial score (nSPS) is 16.5.